The lowest BCUT2D eigenvalue weighted by Crippen LogP contribution is -2.43. The molecule has 0 radical (unpaired) electrons. The zero-order chi connectivity index (χ0) is 10.9. The van der Waals surface area contributed by atoms with E-state index in [1.54, 1.807) is 0 Å². The number of rotatable bonds is 2. The minimum Gasteiger partial charge on any atom is -0.309 e. The fourth-order valence-corrected chi connectivity index (χ4v) is 2.75. The Morgan fingerprint density at radius 3 is 2.43 bits per heavy atom. The molecular formula is C12H23NO. The van der Waals surface area contributed by atoms with Crippen LogP contribution in [0.2, 0.25) is 0 Å². The molecule has 2 atom stereocenters. The summed E-state index contributed by atoms with van der Waals surface area (Å²) in [6.45, 7) is 7.55. The molecule has 2 heteroatoms. The van der Waals surface area contributed by atoms with Crippen LogP contribution in [0.15, 0.2) is 0 Å². The molecule has 2 unspecified atom stereocenters. The number of carbonyl (C=O) groups is 1. The van der Waals surface area contributed by atoms with Gasteiger partial charge in [0.15, 0.2) is 0 Å². The highest BCUT2D eigenvalue weighted by atomic mass is 16.1. The van der Waals surface area contributed by atoms with Gasteiger partial charge in [-0.1, -0.05) is 20.8 Å². The lowest BCUT2D eigenvalue weighted by atomic mass is 9.65. The van der Waals surface area contributed by atoms with Gasteiger partial charge < -0.3 is 4.90 Å². The van der Waals surface area contributed by atoms with Crippen molar-refractivity contribution in [3.63, 3.8) is 0 Å². The minimum atomic E-state index is 0.180. The third-order valence-electron chi connectivity index (χ3n) is 3.30. The number of ketones is 1. The van der Waals surface area contributed by atoms with Gasteiger partial charge in [0.1, 0.15) is 5.78 Å². The average Bonchev–Trinajstić information content (AvgIpc) is 1.95. The van der Waals surface area contributed by atoms with Crippen LogP contribution in [0, 0.1) is 17.3 Å². The van der Waals surface area contributed by atoms with E-state index in [2.05, 4.69) is 25.7 Å². The quantitative estimate of drug-likeness (QED) is 0.676. The van der Waals surface area contributed by atoms with Gasteiger partial charge >= 0.3 is 0 Å². The molecule has 82 valence electrons. The predicted octanol–water partition coefficient (Wildman–Crippen LogP) is 2.19. The monoisotopic (exact) mass is 197 g/mol. The first kappa shape index (κ1) is 11.7. The number of hydrogen-bond donors (Lipinski definition) is 0. The molecule has 0 amide bonds. The van der Waals surface area contributed by atoms with Crippen molar-refractivity contribution in [2.45, 2.75) is 33.6 Å². The summed E-state index contributed by atoms with van der Waals surface area (Å²) in [5, 5.41) is 0. The summed E-state index contributed by atoms with van der Waals surface area (Å²) in [4.78, 5) is 14.1. The highest BCUT2D eigenvalue weighted by Gasteiger charge is 2.40. The zero-order valence-electron chi connectivity index (χ0n) is 10.1. The molecule has 0 aliphatic heterocycles. The first-order chi connectivity index (χ1) is 6.33. The second kappa shape index (κ2) is 4.01. The number of nitrogens with zero attached hydrogens (tertiary/aromatic N) is 1. The lowest BCUT2D eigenvalue weighted by Gasteiger charge is -2.41. The smallest absolute Gasteiger partial charge is 0.138 e. The summed E-state index contributed by atoms with van der Waals surface area (Å²) in [6.07, 6.45) is 1.96. The Bertz CT molecular complexity index is 220. The van der Waals surface area contributed by atoms with E-state index in [-0.39, 0.29) is 11.3 Å². The topological polar surface area (TPSA) is 20.3 Å². The summed E-state index contributed by atoms with van der Waals surface area (Å²) >= 11 is 0. The fraction of sp³-hybridized carbons (Fsp3) is 0.917. The second-order valence-electron chi connectivity index (χ2n) is 5.78. The van der Waals surface area contributed by atoms with Crippen LogP contribution in [-0.2, 0) is 4.79 Å². The lowest BCUT2D eigenvalue weighted by molar-refractivity contribution is -0.132. The second-order valence-corrected chi connectivity index (χ2v) is 5.78. The minimum absolute atomic E-state index is 0.180. The molecule has 14 heavy (non-hydrogen) atoms. The first-order valence-electron chi connectivity index (χ1n) is 5.50. The molecule has 0 bridgehead atoms. The van der Waals surface area contributed by atoms with Crippen molar-refractivity contribution in [2.24, 2.45) is 17.3 Å². The molecule has 0 aromatic rings. The van der Waals surface area contributed by atoms with Crippen molar-refractivity contribution in [2.75, 3.05) is 20.6 Å². The van der Waals surface area contributed by atoms with E-state index in [1.807, 2.05) is 14.1 Å². The van der Waals surface area contributed by atoms with Gasteiger partial charge in [-0.25, -0.2) is 0 Å². The molecule has 0 aromatic heterocycles. The van der Waals surface area contributed by atoms with Gasteiger partial charge in [0, 0.05) is 18.9 Å². The fourth-order valence-electron chi connectivity index (χ4n) is 2.75. The Hall–Kier alpha value is -0.370. The van der Waals surface area contributed by atoms with Gasteiger partial charge in [-0.15, -0.1) is 0 Å². The zero-order valence-corrected chi connectivity index (χ0v) is 10.1. The Balaban J connectivity index is 2.75. The van der Waals surface area contributed by atoms with Crippen LogP contribution in [-0.4, -0.2) is 31.3 Å². The van der Waals surface area contributed by atoms with Crippen LogP contribution in [0.3, 0.4) is 0 Å². The maximum absolute atomic E-state index is 11.9. The number of carbonyl (C=O) groups excluding carboxylic acids is 1. The molecule has 0 saturated heterocycles. The van der Waals surface area contributed by atoms with Crippen LogP contribution in [0.1, 0.15) is 33.6 Å². The van der Waals surface area contributed by atoms with Gasteiger partial charge in [-0.2, -0.15) is 0 Å². The van der Waals surface area contributed by atoms with Gasteiger partial charge in [0.2, 0.25) is 0 Å². The molecule has 0 heterocycles. The first-order valence-corrected chi connectivity index (χ1v) is 5.50. The van der Waals surface area contributed by atoms with E-state index in [9.17, 15) is 4.79 Å². The summed E-state index contributed by atoms with van der Waals surface area (Å²) < 4.78 is 0. The van der Waals surface area contributed by atoms with Gasteiger partial charge in [-0.05, 0) is 31.8 Å². The van der Waals surface area contributed by atoms with Crippen molar-refractivity contribution in [3.8, 4) is 0 Å². The summed E-state index contributed by atoms with van der Waals surface area (Å²) in [5.41, 5.74) is 0.180. The molecule has 1 aliphatic rings. The van der Waals surface area contributed by atoms with Crippen LogP contribution < -0.4 is 0 Å². The molecule has 2 nitrogen and oxygen atoms in total. The van der Waals surface area contributed by atoms with Crippen molar-refractivity contribution in [3.05, 3.63) is 0 Å². The van der Waals surface area contributed by atoms with Crippen LogP contribution in [0.4, 0.5) is 0 Å². The SMILES string of the molecule is CC1CC(=O)C(CN(C)C)C(C)(C)C1. The predicted molar refractivity (Wildman–Crippen MR) is 59.2 cm³/mol. The van der Waals surface area contributed by atoms with Gasteiger partial charge in [-0.3, -0.25) is 4.79 Å². The maximum Gasteiger partial charge on any atom is 0.138 e. The Kier molecular flexibility index (Phi) is 3.36. The summed E-state index contributed by atoms with van der Waals surface area (Å²) in [7, 11) is 4.09. The van der Waals surface area contributed by atoms with Crippen molar-refractivity contribution < 1.29 is 4.79 Å². The van der Waals surface area contributed by atoms with Crippen molar-refractivity contribution in [1.82, 2.24) is 4.90 Å². The van der Waals surface area contributed by atoms with E-state index in [0.717, 1.165) is 13.0 Å². The van der Waals surface area contributed by atoms with Gasteiger partial charge in [0.25, 0.3) is 0 Å². The molecule has 1 saturated carbocycles. The van der Waals surface area contributed by atoms with E-state index in [1.165, 1.54) is 6.42 Å². The number of Topliss-reactive ketones (excluding diaryl/α,β-unsaturated/α-hetero) is 1. The van der Waals surface area contributed by atoms with Crippen LogP contribution >= 0.6 is 0 Å². The third kappa shape index (κ3) is 2.57. The number of hydrogen-bond acceptors (Lipinski definition) is 2. The third-order valence-corrected chi connectivity index (χ3v) is 3.30. The average molecular weight is 197 g/mol. The van der Waals surface area contributed by atoms with Crippen molar-refractivity contribution >= 4 is 5.78 Å². The molecule has 1 fully saturated rings. The normalized spacial score (nSPS) is 32.3. The molecule has 0 spiro atoms. The highest BCUT2D eigenvalue weighted by Crippen LogP contribution is 2.41. The van der Waals surface area contributed by atoms with Crippen LogP contribution in [0.5, 0.6) is 0 Å². The maximum atomic E-state index is 11.9. The van der Waals surface area contributed by atoms with Crippen LogP contribution in [0.25, 0.3) is 0 Å². The van der Waals surface area contributed by atoms with Crippen molar-refractivity contribution in [1.29, 1.82) is 0 Å². The molecular weight excluding hydrogens is 174 g/mol. The molecule has 1 aliphatic carbocycles. The van der Waals surface area contributed by atoms with E-state index < -0.39 is 0 Å². The Labute approximate surface area is 87.7 Å². The Morgan fingerprint density at radius 1 is 1.43 bits per heavy atom. The summed E-state index contributed by atoms with van der Waals surface area (Å²) in [5.74, 6) is 1.26. The standard InChI is InChI=1S/C12H23NO/c1-9-6-11(14)10(8-13(4)5)12(2,3)7-9/h9-10H,6-8H2,1-5H3. The molecule has 0 aromatic carbocycles. The Morgan fingerprint density at radius 2 is 2.00 bits per heavy atom. The highest BCUT2D eigenvalue weighted by molar-refractivity contribution is 5.83. The van der Waals surface area contributed by atoms with E-state index in [0.29, 0.717) is 11.7 Å². The van der Waals surface area contributed by atoms with E-state index >= 15 is 0 Å². The molecule has 1 rings (SSSR count). The molecule has 0 N–H and O–H groups in total. The summed E-state index contributed by atoms with van der Waals surface area (Å²) in [6, 6.07) is 0. The van der Waals surface area contributed by atoms with E-state index in [4.69, 9.17) is 0 Å². The largest absolute Gasteiger partial charge is 0.309 e. The van der Waals surface area contributed by atoms with Gasteiger partial charge in [0.05, 0.1) is 0 Å².